The number of carbonyl (C=O) groups excluding carboxylic acids is 1. The minimum atomic E-state index is -0.0798. The van der Waals surface area contributed by atoms with Gasteiger partial charge in [0, 0.05) is 19.2 Å². The molecule has 5 heteroatoms. The summed E-state index contributed by atoms with van der Waals surface area (Å²) in [5.74, 6) is -0.0243. The van der Waals surface area contributed by atoms with Crippen molar-refractivity contribution in [1.82, 2.24) is 10.6 Å². The van der Waals surface area contributed by atoms with Crippen LogP contribution in [0, 0.1) is 5.92 Å². The molecule has 0 aliphatic carbocycles. The predicted octanol–water partition coefficient (Wildman–Crippen LogP) is 0.152. The van der Waals surface area contributed by atoms with Gasteiger partial charge in [-0.3, -0.25) is 4.79 Å². The Balaban J connectivity index is 2.31. The normalized spacial score (nSPS) is 25.8. The third kappa shape index (κ3) is 4.61. The van der Waals surface area contributed by atoms with Gasteiger partial charge >= 0.3 is 0 Å². The molecule has 1 fully saturated rings. The Morgan fingerprint density at radius 2 is 2.24 bits per heavy atom. The minimum absolute atomic E-state index is 0.0556. The lowest BCUT2D eigenvalue weighted by molar-refractivity contribution is -0.126. The number of carbonyl (C=O) groups is 1. The summed E-state index contributed by atoms with van der Waals surface area (Å²) in [5, 5.41) is 6.18. The number of hydrogen-bond acceptors (Lipinski definition) is 4. The third-order valence-corrected chi connectivity index (χ3v) is 2.90. The lowest BCUT2D eigenvalue weighted by atomic mass is 10.0. The van der Waals surface area contributed by atoms with Gasteiger partial charge in [-0.15, -0.1) is 0 Å². The summed E-state index contributed by atoms with van der Waals surface area (Å²) in [4.78, 5) is 12.0. The fraction of sp³-hybridized carbons (Fsp3) is 0.917. The Kier molecular flexibility index (Phi) is 6.47. The van der Waals surface area contributed by atoms with E-state index < -0.39 is 0 Å². The molecule has 2 N–H and O–H groups in total. The molecule has 1 saturated heterocycles. The van der Waals surface area contributed by atoms with Crippen molar-refractivity contribution in [2.75, 3.05) is 32.9 Å². The van der Waals surface area contributed by atoms with Crippen LogP contribution in [-0.4, -0.2) is 51.0 Å². The second-order valence-corrected chi connectivity index (χ2v) is 4.32. The maximum Gasteiger partial charge on any atom is 0.227 e. The molecule has 1 aliphatic rings. The fourth-order valence-corrected chi connectivity index (χ4v) is 1.99. The molecule has 1 rings (SSSR count). The molecule has 0 radical (unpaired) electrons. The average molecular weight is 244 g/mol. The first-order chi connectivity index (χ1) is 8.19. The molecule has 1 heterocycles. The van der Waals surface area contributed by atoms with Crippen LogP contribution in [0.1, 0.15) is 20.8 Å². The highest BCUT2D eigenvalue weighted by Crippen LogP contribution is 2.13. The van der Waals surface area contributed by atoms with Crippen molar-refractivity contribution in [3.05, 3.63) is 0 Å². The number of amides is 1. The zero-order valence-corrected chi connectivity index (χ0v) is 11.0. The highest BCUT2D eigenvalue weighted by Gasteiger charge is 2.33. The van der Waals surface area contributed by atoms with Crippen molar-refractivity contribution >= 4 is 5.91 Å². The van der Waals surface area contributed by atoms with Gasteiger partial charge in [0.25, 0.3) is 0 Å². The molecule has 0 bridgehead atoms. The van der Waals surface area contributed by atoms with Gasteiger partial charge in [-0.25, -0.2) is 0 Å². The van der Waals surface area contributed by atoms with Crippen molar-refractivity contribution in [2.24, 2.45) is 5.92 Å². The molecule has 3 atom stereocenters. The summed E-state index contributed by atoms with van der Waals surface area (Å²) >= 11 is 0. The summed E-state index contributed by atoms with van der Waals surface area (Å²) in [6, 6.07) is 0.141. The Hall–Kier alpha value is -0.650. The molecule has 0 aromatic carbocycles. The number of rotatable bonds is 7. The minimum Gasteiger partial charge on any atom is -0.379 e. The molecule has 3 unspecified atom stereocenters. The highest BCUT2D eigenvalue weighted by atomic mass is 16.5. The van der Waals surface area contributed by atoms with Gasteiger partial charge in [0.1, 0.15) is 0 Å². The Bertz CT molecular complexity index is 236. The molecule has 0 aromatic rings. The van der Waals surface area contributed by atoms with Crippen LogP contribution in [0.3, 0.4) is 0 Å². The second-order valence-electron chi connectivity index (χ2n) is 4.32. The fourth-order valence-electron chi connectivity index (χ4n) is 1.99. The zero-order chi connectivity index (χ0) is 12.7. The van der Waals surface area contributed by atoms with Crippen molar-refractivity contribution in [3.8, 4) is 0 Å². The Labute approximate surface area is 103 Å². The van der Waals surface area contributed by atoms with Crippen molar-refractivity contribution < 1.29 is 14.3 Å². The van der Waals surface area contributed by atoms with Gasteiger partial charge in [-0.05, 0) is 20.4 Å². The number of likely N-dealkylation sites (N-methyl/N-ethyl adjacent to an activating group) is 1. The molecule has 0 aromatic heterocycles. The van der Waals surface area contributed by atoms with E-state index in [0.717, 1.165) is 6.54 Å². The predicted molar refractivity (Wildman–Crippen MR) is 65.9 cm³/mol. The largest absolute Gasteiger partial charge is 0.379 e. The van der Waals surface area contributed by atoms with Crippen LogP contribution in [0.25, 0.3) is 0 Å². The number of ether oxygens (including phenoxy) is 2. The van der Waals surface area contributed by atoms with Crippen LogP contribution >= 0.6 is 0 Å². The first-order valence-corrected chi connectivity index (χ1v) is 6.39. The highest BCUT2D eigenvalue weighted by molar-refractivity contribution is 5.79. The summed E-state index contributed by atoms with van der Waals surface area (Å²) in [5.41, 5.74) is 0. The molecular formula is C12H24N2O3. The van der Waals surface area contributed by atoms with Crippen LogP contribution in [0.5, 0.6) is 0 Å². The van der Waals surface area contributed by atoms with Crippen molar-refractivity contribution in [3.63, 3.8) is 0 Å². The Morgan fingerprint density at radius 3 is 2.88 bits per heavy atom. The van der Waals surface area contributed by atoms with E-state index in [2.05, 4.69) is 10.6 Å². The van der Waals surface area contributed by atoms with Gasteiger partial charge in [-0.1, -0.05) is 6.92 Å². The van der Waals surface area contributed by atoms with E-state index in [0.29, 0.717) is 26.4 Å². The first-order valence-electron chi connectivity index (χ1n) is 6.39. The molecule has 1 aliphatic heterocycles. The van der Waals surface area contributed by atoms with Crippen LogP contribution < -0.4 is 10.6 Å². The van der Waals surface area contributed by atoms with Crippen LogP contribution in [-0.2, 0) is 14.3 Å². The molecule has 1 amide bonds. The summed E-state index contributed by atoms with van der Waals surface area (Å²) in [7, 11) is 0. The lowest BCUT2D eigenvalue weighted by Crippen LogP contribution is -2.45. The monoisotopic (exact) mass is 244 g/mol. The maximum atomic E-state index is 12.0. The SMILES string of the molecule is CCNC1COCC1C(=O)NCC(C)OCC. The lowest BCUT2D eigenvalue weighted by Gasteiger charge is -2.19. The van der Waals surface area contributed by atoms with Gasteiger partial charge in [-0.2, -0.15) is 0 Å². The van der Waals surface area contributed by atoms with Crippen LogP contribution in [0.15, 0.2) is 0 Å². The van der Waals surface area contributed by atoms with Crippen LogP contribution in [0.2, 0.25) is 0 Å². The number of nitrogens with one attached hydrogen (secondary N) is 2. The van der Waals surface area contributed by atoms with Crippen molar-refractivity contribution in [1.29, 1.82) is 0 Å². The van der Waals surface area contributed by atoms with Gasteiger partial charge in [0.05, 0.1) is 25.2 Å². The molecular weight excluding hydrogens is 220 g/mol. The first kappa shape index (κ1) is 14.4. The van der Waals surface area contributed by atoms with E-state index in [-0.39, 0.29) is 24.0 Å². The topological polar surface area (TPSA) is 59.6 Å². The van der Waals surface area contributed by atoms with Gasteiger partial charge in [0.15, 0.2) is 0 Å². The van der Waals surface area contributed by atoms with Gasteiger partial charge < -0.3 is 20.1 Å². The second kappa shape index (κ2) is 7.63. The summed E-state index contributed by atoms with van der Waals surface area (Å²) in [6.45, 7) is 9.14. The number of hydrogen-bond donors (Lipinski definition) is 2. The molecule has 0 saturated carbocycles. The quantitative estimate of drug-likeness (QED) is 0.669. The molecule has 5 nitrogen and oxygen atoms in total. The smallest absolute Gasteiger partial charge is 0.227 e. The third-order valence-electron chi connectivity index (χ3n) is 2.90. The van der Waals surface area contributed by atoms with E-state index in [9.17, 15) is 4.79 Å². The standard InChI is InChI=1S/C12H24N2O3/c1-4-13-11-8-16-7-10(11)12(15)14-6-9(3)17-5-2/h9-11,13H,4-8H2,1-3H3,(H,14,15). The summed E-state index contributed by atoms with van der Waals surface area (Å²) in [6.07, 6.45) is 0.0591. The van der Waals surface area contributed by atoms with Crippen molar-refractivity contribution in [2.45, 2.75) is 32.9 Å². The van der Waals surface area contributed by atoms with Crippen LogP contribution in [0.4, 0.5) is 0 Å². The molecule has 0 spiro atoms. The van der Waals surface area contributed by atoms with Gasteiger partial charge in [0.2, 0.25) is 5.91 Å². The van der Waals surface area contributed by atoms with E-state index in [4.69, 9.17) is 9.47 Å². The maximum absolute atomic E-state index is 12.0. The zero-order valence-electron chi connectivity index (χ0n) is 11.0. The molecule has 17 heavy (non-hydrogen) atoms. The average Bonchev–Trinajstić information content (AvgIpc) is 2.75. The molecule has 100 valence electrons. The van der Waals surface area contributed by atoms with E-state index in [1.54, 1.807) is 0 Å². The van der Waals surface area contributed by atoms with E-state index in [1.807, 2.05) is 20.8 Å². The van der Waals surface area contributed by atoms with E-state index in [1.165, 1.54) is 0 Å². The van der Waals surface area contributed by atoms with E-state index >= 15 is 0 Å². The summed E-state index contributed by atoms with van der Waals surface area (Å²) < 4.78 is 10.7. The Morgan fingerprint density at radius 1 is 1.47 bits per heavy atom.